The summed E-state index contributed by atoms with van der Waals surface area (Å²) in [7, 11) is -1.21. The molecule has 1 saturated heterocycles. The molecule has 1 unspecified atom stereocenters. The summed E-state index contributed by atoms with van der Waals surface area (Å²) in [5, 5.41) is 0. The molecule has 0 saturated carbocycles. The van der Waals surface area contributed by atoms with Gasteiger partial charge >= 0.3 is 0 Å². The minimum atomic E-state index is -1.21. The van der Waals surface area contributed by atoms with Gasteiger partial charge in [0.05, 0.1) is 0 Å². The Hall–Kier alpha value is -0.343. The molecule has 0 N–H and O–H groups in total. The van der Waals surface area contributed by atoms with E-state index >= 15 is 0 Å². The quantitative estimate of drug-likeness (QED) is 0.629. The Bertz CT molecular complexity index is 272. The fourth-order valence-electron chi connectivity index (χ4n) is 2.59. The Morgan fingerprint density at radius 3 is 2.43 bits per heavy atom. The fourth-order valence-corrected chi connectivity index (χ4v) is 5.72. The van der Waals surface area contributed by atoms with Crippen LogP contribution in [0, 0.1) is 0 Å². The molecule has 0 aromatic heterocycles. The topological polar surface area (TPSA) is 3.24 Å². The van der Waals surface area contributed by atoms with Gasteiger partial charge in [0, 0.05) is 5.54 Å². The Morgan fingerprint density at radius 2 is 1.93 bits per heavy atom. The van der Waals surface area contributed by atoms with Gasteiger partial charge in [0.25, 0.3) is 0 Å². The third-order valence-electron chi connectivity index (χ3n) is 3.75. The molecule has 0 aromatic rings. The number of allylic oxidation sites excluding steroid dienone is 4. The first kappa shape index (κ1) is 10.2. The fraction of sp³-hybridized carbons (Fsp3) is 0.667. The van der Waals surface area contributed by atoms with Crippen molar-refractivity contribution in [2.45, 2.75) is 38.4 Å². The number of nitrogens with zero attached hydrogens (tertiary/aromatic N) is 1. The Labute approximate surface area is 88.6 Å². The van der Waals surface area contributed by atoms with E-state index in [1.54, 1.807) is 0 Å². The highest BCUT2D eigenvalue weighted by Gasteiger charge is 2.37. The second-order valence-electron chi connectivity index (χ2n) is 5.14. The lowest BCUT2D eigenvalue weighted by Crippen LogP contribution is -2.49. The van der Waals surface area contributed by atoms with Crippen LogP contribution in [0.25, 0.3) is 0 Å². The molecule has 1 aliphatic heterocycles. The van der Waals surface area contributed by atoms with E-state index < -0.39 is 8.24 Å². The maximum absolute atomic E-state index is 2.77. The summed E-state index contributed by atoms with van der Waals surface area (Å²) >= 11 is 0. The van der Waals surface area contributed by atoms with Gasteiger partial charge < -0.3 is 4.57 Å². The van der Waals surface area contributed by atoms with Crippen molar-refractivity contribution in [3.8, 4) is 0 Å². The van der Waals surface area contributed by atoms with Gasteiger partial charge in [-0.05, 0) is 32.9 Å². The van der Waals surface area contributed by atoms with E-state index in [0.717, 1.165) is 5.54 Å². The van der Waals surface area contributed by atoms with E-state index in [1.165, 1.54) is 31.5 Å². The van der Waals surface area contributed by atoms with Crippen LogP contribution >= 0.6 is 0 Å². The summed E-state index contributed by atoms with van der Waals surface area (Å²) in [6, 6.07) is 0. The molecule has 0 aromatic carbocycles. The summed E-state index contributed by atoms with van der Waals surface area (Å²) in [6.45, 7) is 9.93. The van der Waals surface area contributed by atoms with Gasteiger partial charge in [-0.1, -0.05) is 36.9 Å². The molecule has 2 heteroatoms. The van der Waals surface area contributed by atoms with Gasteiger partial charge in [-0.25, -0.2) is 0 Å². The average Bonchev–Trinajstić information content (AvgIpc) is 2.72. The van der Waals surface area contributed by atoms with Crippen LogP contribution in [0.4, 0.5) is 0 Å². The molecule has 2 aliphatic rings. The Balaban J connectivity index is 2.11. The van der Waals surface area contributed by atoms with Crippen LogP contribution < -0.4 is 0 Å². The van der Waals surface area contributed by atoms with Crippen molar-refractivity contribution >= 4 is 8.24 Å². The zero-order chi connectivity index (χ0) is 10.2. The third-order valence-corrected chi connectivity index (χ3v) is 7.81. The molecule has 1 heterocycles. The highest BCUT2D eigenvalue weighted by molar-refractivity contribution is 6.77. The second kappa shape index (κ2) is 3.67. The van der Waals surface area contributed by atoms with Gasteiger partial charge in [-0.3, -0.25) is 0 Å². The van der Waals surface area contributed by atoms with Gasteiger partial charge in [0.15, 0.2) is 0 Å². The summed E-state index contributed by atoms with van der Waals surface area (Å²) in [5.41, 5.74) is 2.20. The standard InChI is InChI=1S/C12H21NSi/c1-11-6-7-12(10-11)14(2,3)13-8-4-5-9-13/h6-7,10,12H,4-5,8-9H2,1-3H3. The summed E-state index contributed by atoms with van der Waals surface area (Å²) < 4.78 is 2.77. The molecule has 78 valence electrons. The molecular weight excluding hydrogens is 186 g/mol. The average molecular weight is 207 g/mol. The van der Waals surface area contributed by atoms with Crippen LogP contribution in [0.3, 0.4) is 0 Å². The number of hydrogen-bond acceptors (Lipinski definition) is 1. The summed E-state index contributed by atoms with van der Waals surface area (Å²) in [5.74, 6) is 0. The minimum Gasteiger partial charge on any atom is -0.323 e. The van der Waals surface area contributed by atoms with Crippen molar-refractivity contribution in [2.75, 3.05) is 13.1 Å². The van der Waals surface area contributed by atoms with E-state index in [4.69, 9.17) is 0 Å². The van der Waals surface area contributed by atoms with Crippen molar-refractivity contribution in [3.63, 3.8) is 0 Å². The predicted octanol–water partition coefficient (Wildman–Crippen LogP) is 3.17. The van der Waals surface area contributed by atoms with Crippen molar-refractivity contribution in [3.05, 3.63) is 23.8 Å². The lowest BCUT2D eigenvalue weighted by molar-refractivity contribution is 0.515. The van der Waals surface area contributed by atoms with Crippen LogP contribution in [-0.4, -0.2) is 25.9 Å². The van der Waals surface area contributed by atoms with Crippen LogP contribution in [-0.2, 0) is 0 Å². The maximum atomic E-state index is 2.77. The first-order chi connectivity index (χ1) is 6.60. The maximum Gasteiger partial charge on any atom is 0.132 e. The lowest BCUT2D eigenvalue weighted by Gasteiger charge is -2.37. The second-order valence-corrected chi connectivity index (χ2v) is 9.75. The Morgan fingerprint density at radius 1 is 1.29 bits per heavy atom. The molecule has 0 spiro atoms. The summed E-state index contributed by atoms with van der Waals surface area (Å²) in [4.78, 5) is 0. The highest BCUT2D eigenvalue weighted by atomic mass is 28.3. The van der Waals surface area contributed by atoms with E-state index in [1.807, 2.05) is 0 Å². The van der Waals surface area contributed by atoms with Gasteiger partial charge in [0.2, 0.25) is 0 Å². The molecule has 0 amide bonds. The zero-order valence-corrected chi connectivity index (χ0v) is 10.6. The predicted molar refractivity (Wildman–Crippen MR) is 64.9 cm³/mol. The van der Waals surface area contributed by atoms with Crippen LogP contribution in [0.1, 0.15) is 19.8 Å². The molecule has 2 rings (SSSR count). The number of rotatable bonds is 2. The largest absolute Gasteiger partial charge is 0.323 e. The summed E-state index contributed by atoms with van der Waals surface area (Å²) in [6.07, 6.45) is 9.99. The first-order valence-corrected chi connectivity index (χ1v) is 8.75. The first-order valence-electron chi connectivity index (χ1n) is 5.72. The molecule has 0 bridgehead atoms. The van der Waals surface area contributed by atoms with Gasteiger partial charge in [-0.15, -0.1) is 0 Å². The van der Waals surface area contributed by atoms with Crippen LogP contribution in [0.5, 0.6) is 0 Å². The normalized spacial score (nSPS) is 28.5. The van der Waals surface area contributed by atoms with Gasteiger partial charge in [0.1, 0.15) is 8.24 Å². The van der Waals surface area contributed by atoms with Crippen molar-refractivity contribution < 1.29 is 0 Å². The third kappa shape index (κ3) is 1.73. The van der Waals surface area contributed by atoms with Crippen LogP contribution in [0.15, 0.2) is 23.8 Å². The highest BCUT2D eigenvalue weighted by Crippen LogP contribution is 2.35. The molecule has 1 fully saturated rings. The van der Waals surface area contributed by atoms with Crippen LogP contribution in [0.2, 0.25) is 18.6 Å². The van der Waals surface area contributed by atoms with Crippen molar-refractivity contribution in [2.24, 2.45) is 0 Å². The molecule has 0 radical (unpaired) electrons. The van der Waals surface area contributed by atoms with Gasteiger partial charge in [-0.2, -0.15) is 0 Å². The van der Waals surface area contributed by atoms with E-state index in [-0.39, 0.29) is 0 Å². The van der Waals surface area contributed by atoms with E-state index in [9.17, 15) is 0 Å². The van der Waals surface area contributed by atoms with Crippen molar-refractivity contribution in [1.29, 1.82) is 0 Å². The van der Waals surface area contributed by atoms with E-state index in [2.05, 4.69) is 42.8 Å². The molecule has 1 nitrogen and oxygen atoms in total. The zero-order valence-electron chi connectivity index (χ0n) is 9.59. The monoisotopic (exact) mass is 207 g/mol. The smallest absolute Gasteiger partial charge is 0.132 e. The molecule has 14 heavy (non-hydrogen) atoms. The Kier molecular flexibility index (Phi) is 2.67. The molecular formula is C12H21NSi. The number of hydrogen-bond donors (Lipinski definition) is 0. The molecule has 1 aliphatic carbocycles. The minimum absolute atomic E-state index is 0.751. The van der Waals surface area contributed by atoms with Crippen molar-refractivity contribution in [1.82, 2.24) is 4.57 Å². The molecule has 1 atom stereocenters. The lowest BCUT2D eigenvalue weighted by atomic mass is 10.3. The van der Waals surface area contributed by atoms with E-state index in [0.29, 0.717) is 0 Å². The SMILES string of the molecule is CC1=CC([Si](C)(C)N2CCCC2)C=C1.